The second-order valence-electron chi connectivity index (χ2n) is 8.87. The van der Waals surface area contributed by atoms with Crippen LogP contribution in [-0.4, -0.2) is 50.9 Å². The van der Waals surface area contributed by atoms with Crippen molar-refractivity contribution in [2.24, 2.45) is 0 Å². The first-order valence-electron chi connectivity index (χ1n) is 12.3. The van der Waals surface area contributed by atoms with Gasteiger partial charge in [-0.15, -0.1) is 0 Å². The third-order valence-electron chi connectivity index (χ3n) is 6.50. The highest BCUT2D eigenvalue weighted by Crippen LogP contribution is 2.36. The summed E-state index contributed by atoms with van der Waals surface area (Å²) in [5.74, 6) is 2.39. The van der Waals surface area contributed by atoms with Gasteiger partial charge in [0, 0.05) is 50.4 Å². The van der Waals surface area contributed by atoms with Crippen LogP contribution in [0.5, 0.6) is 5.75 Å². The number of amides is 1. The van der Waals surface area contributed by atoms with Gasteiger partial charge in [0.05, 0.1) is 18.5 Å². The molecule has 1 aliphatic rings. The van der Waals surface area contributed by atoms with Gasteiger partial charge in [-0.2, -0.15) is 4.98 Å². The molecule has 2 N–H and O–H groups in total. The molecule has 9 heteroatoms. The summed E-state index contributed by atoms with van der Waals surface area (Å²) in [6.45, 7) is 3.18. The molecule has 9 nitrogen and oxygen atoms in total. The number of benzene rings is 1. The van der Waals surface area contributed by atoms with E-state index < -0.39 is 0 Å². The normalized spacial score (nSPS) is 13.7. The fraction of sp³-hybridized carbons (Fsp3) is 0.250. The summed E-state index contributed by atoms with van der Waals surface area (Å²) < 4.78 is 5.72. The molecule has 1 saturated heterocycles. The predicted molar refractivity (Wildman–Crippen MR) is 143 cm³/mol. The van der Waals surface area contributed by atoms with E-state index in [4.69, 9.17) is 4.74 Å². The van der Waals surface area contributed by atoms with Gasteiger partial charge in [0.15, 0.2) is 0 Å². The molecule has 5 rings (SSSR count). The highest BCUT2D eigenvalue weighted by atomic mass is 16.5. The Morgan fingerprint density at radius 2 is 1.78 bits per heavy atom. The third kappa shape index (κ3) is 5.66. The Hall–Kier alpha value is -4.53. The molecule has 0 saturated carbocycles. The molecule has 1 aliphatic heterocycles. The average molecular weight is 496 g/mol. The summed E-state index contributed by atoms with van der Waals surface area (Å²) in [5.41, 5.74) is 4.30. The number of carbonyl (C=O) groups is 1. The van der Waals surface area contributed by atoms with E-state index in [9.17, 15) is 4.79 Å². The molecule has 4 aromatic rings. The lowest BCUT2D eigenvalue weighted by Gasteiger charge is -2.32. The maximum atomic E-state index is 11.7. The summed E-state index contributed by atoms with van der Waals surface area (Å²) in [6, 6.07) is 17.4. The van der Waals surface area contributed by atoms with Gasteiger partial charge >= 0.3 is 0 Å². The van der Waals surface area contributed by atoms with Gasteiger partial charge in [-0.25, -0.2) is 4.98 Å². The molecule has 0 aliphatic carbocycles. The van der Waals surface area contributed by atoms with Crippen molar-refractivity contribution in [3.8, 4) is 17.1 Å². The minimum atomic E-state index is 0.137. The molecule has 0 atom stereocenters. The topological polar surface area (TPSA) is 105 Å². The van der Waals surface area contributed by atoms with Gasteiger partial charge in [0.25, 0.3) is 0 Å². The molecule has 4 heterocycles. The van der Waals surface area contributed by atoms with Crippen molar-refractivity contribution >= 4 is 29.0 Å². The van der Waals surface area contributed by atoms with E-state index in [-0.39, 0.29) is 5.91 Å². The Bertz CT molecular complexity index is 1370. The summed E-state index contributed by atoms with van der Waals surface area (Å²) >= 11 is 0. The van der Waals surface area contributed by atoms with Crippen molar-refractivity contribution < 1.29 is 9.53 Å². The van der Waals surface area contributed by atoms with E-state index in [0.717, 1.165) is 60.0 Å². The Morgan fingerprint density at radius 3 is 2.54 bits per heavy atom. The van der Waals surface area contributed by atoms with E-state index in [2.05, 4.69) is 36.6 Å². The number of carbonyl (C=O) groups excluding carboxylic acids is 1. The molecule has 1 amide bonds. The molecular weight excluding hydrogens is 466 g/mol. The number of pyridine rings is 2. The summed E-state index contributed by atoms with van der Waals surface area (Å²) in [5, 5.41) is 6.62. The SMILES string of the molecule is COc1cc(Nc2nccc(Nc3cccnc3-c3ccccn3)n2)ccc1C1CCN(C(C)=O)CC1. The molecule has 3 aromatic heterocycles. The van der Waals surface area contributed by atoms with E-state index in [1.165, 1.54) is 0 Å². The van der Waals surface area contributed by atoms with Crippen molar-refractivity contribution in [2.75, 3.05) is 30.8 Å². The standard InChI is InChI=1S/C28H29N7O2/c1-19(36)35-16-11-20(12-17-35)22-9-8-21(18-25(22)37-2)32-28-31-15-10-26(34-28)33-24-7-5-14-30-27(24)23-6-3-4-13-29-23/h3-10,13-15,18,20H,11-12,16-17H2,1-2H3,(H2,31,32,33,34). The number of methoxy groups -OCH3 is 1. The first kappa shape index (κ1) is 24.2. The molecule has 188 valence electrons. The highest BCUT2D eigenvalue weighted by Gasteiger charge is 2.24. The molecular formula is C28H29N7O2. The monoisotopic (exact) mass is 495 g/mol. The smallest absolute Gasteiger partial charge is 0.229 e. The van der Waals surface area contributed by atoms with Crippen LogP contribution in [0.25, 0.3) is 11.4 Å². The van der Waals surface area contributed by atoms with Gasteiger partial charge in [0.1, 0.15) is 17.3 Å². The first-order valence-corrected chi connectivity index (χ1v) is 12.3. The van der Waals surface area contributed by atoms with Gasteiger partial charge in [0.2, 0.25) is 11.9 Å². The lowest BCUT2D eigenvalue weighted by molar-refractivity contribution is -0.129. The van der Waals surface area contributed by atoms with E-state index in [0.29, 0.717) is 17.7 Å². The number of hydrogen-bond donors (Lipinski definition) is 2. The van der Waals surface area contributed by atoms with Crippen molar-refractivity contribution in [2.45, 2.75) is 25.7 Å². The van der Waals surface area contributed by atoms with Crippen molar-refractivity contribution in [3.05, 3.63) is 78.8 Å². The van der Waals surface area contributed by atoms with Crippen LogP contribution in [0, 0.1) is 0 Å². The number of piperidine rings is 1. The number of ether oxygens (including phenoxy) is 1. The van der Waals surface area contributed by atoms with Gasteiger partial charge in [-0.1, -0.05) is 12.1 Å². The Morgan fingerprint density at radius 1 is 0.946 bits per heavy atom. The number of likely N-dealkylation sites (tertiary alicyclic amines) is 1. The van der Waals surface area contributed by atoms with Crippen molar-refractivity contribution in [1.29, 1.82) is 0 Å². The van der Waals surface area contributed by atoms with Crippen LogP contribution in [0.4, 0.5) is 23.1 Å². The van der Waals surface area contributed by atoms with Crippen LogP contribution in [0.3, 0.4) is 0 Å². The van der Waals surface area contributed by atoms with Crippen LogP contribution < -0.4 is 15.4 Å². The van der Waals surface area contributed by atoms with Crippen LogP contribution in [0.1, 0.15) is 31.2 Å². The van der Waals surface area contributed by atoms with Crippen LogP contribution in [0.2, 0.25) is 0 Å². The summed E-state index contributed by atoms with van der Waals surface area (Å²) in [6.07, 6.45) is 7.03. The zero-order valence-corrected chi connectivity index (χ0v) is 20.9. The second kappa shape index (κ2) is 11.0. The Balaban J connectivity index is 1.31. The third-order valence-corrected chi connectivity index (χ3v) is 6.50. The van der Waals surface area contributed by atoms with Gasteiger partial charge in [-0.3, -0.25) is 14.8 Å². The number of aromatic nitrogens is 4. The fourth-order valence-corrected chi connectivity index (χ4v) is 4.60. The largest absolute Gasteiger partial charge is 0.496 e. The molecule has 1 fully saturated rings. The Kier molecular flexibility index (Phi) is 7.21. The number of nitrogens with zero attached hydrogens (tertiary/aromatic N) is 5. The second-order valence-corrected chi connectivity index (χ2v) is 8.87. The maximum Gasteiger partial charge on any atom is 0.229 e. The molecule has 0 spiro atoms. The van der Waals surface area contributed by atoms with Gasteiger partial charge < -0.3 is 20.3 Å². The van der Waals surface area contributed by atoms with Crippen molar-refractivity contribution in [1.82, 2.24) is 24.8 Å². The summed E-state index contributed by atoms with van der Waals surface area (Å²) in [4.78, 5) is 31.5. The fourth-order valence-electron chi connectivity index (χ4n) is 4.60. The maximum absolute atomic E-state index is 11.7. The molecule has 37 heavy (non-hydrogen) atoms. The van der Waals surface area contributed by atoms with Crippen molar-refractivity contribution in [3.63, 3.8) is 0 Å². The molecule has 0 bridgehead atoms. The Labute approximate surface area is 216 Å². The average Bonchev–Trinajstić information content (AvgIpc) is 2.94. The van der Waals surface area contributed by atoms with E-state index in [1.54, 1.807) is 38.7 Å². The van der Waals surface area contributed by atoms with E-state index >= 15 is 0 Å². The van der Waals surface area contributed by atoms with Crippen LogP contribution >= 0.6 is 0 Å². The van der Waals surface area contributed by atoms with E-state index in [1.807, 2.05) is 47.4 Å². The van der Waals surface area contributed by atoms with Crippen LogP contribution in [0.15, 0.2) is 73.2 Å². The zero-order chi connectivity index (χ0) is 25.6. The lowest BCUT2D eigenvalue weighted by Crippen LogP contribution is -2.36. The quantitative estimate of drug-likeness (QED) is 0.362. The highest BCUT2D eigenvalue weighted by molar-refractivity contribution is 5.75. The van der Waals surface area contributed by atoms with Gasteiger partial charge in [-0.05, 0) is 60.7 Å². The van der Waals surface area contributed by atoms with Crippen LogP contribution in [-0.2, 0) is 4.79 Å². The summed E-state index contributed by atoms with van der Waals surface area (Å²) in [7, 11) is 1.68. The first-order chi connectivity index (χ1) is 18.1. The minimum absolute atomic E-state index is 0.137. The molecule has 0 radical (unpaired) electrons. The number of rotatable bonds is 7. The molecule has 1 aromatic carbocycles. The lowest BCUT2D eigenvalue weighted by atomic mass is 9.88. The molecule has 0 unspecified atom stereocenters. The number of nitrogens with one attached hydrogen (secondary N) is 2. The number of anilines is 4. The number of hydrogen-bond acceptors (Lipinski definition) is 8. The predicted octanol–water partition coefficient (Wildman–Crippen LogP) is 5.16. The zero-order valence-electron chi connectivity index (χ0n) is 20.9. The minimum Gasteiger partial charge on any atom is -0.496 e.